The number of nitrogens with zero attached hydrogens (tertiary/aromatic N) is 4. The fourth-order valence-electron chi connectivity index (χ4n) is 2.98. The van der Waals surface area contributed by atoms with Gasteiger partial charge in [-0.2, -0.15) is 21.0 Å². The summed E-state index contributed by atoms with van der Waals surface area (Å²) >= 11 is 1.58. The van der Waals surface area contributed by atoms with E-state index in [-0.39, 0.29) is 12.1 Å². The molecule has 0 fully saturated rings. The van der Waals surface area contributed by atoms with Crippen LogP contribution in [-0.2, 0) is 6.54 Å². The van der Waals surface area contributed by atoms with Gasteiger partial charge >= 0.3 is 5.63 Å². The summed E-state index contributed by atoms with van der Waals surface area (Å²) in [5, 5.41) is 20.1. The van der Waals surface area contributed by atoms with Crippen LogP contribution < -0.4 is 10.9 Å². The second-order valence-electron chi connectivity index (χ2n) is 6.28. The fraction of sp³-hybridized carbons (Fsp3) is 0.0500. The molecule has 0 spiro atoms. The number of para-hydroxylation sites is 1. The van der Waals surface area contributed by atoms with E-state index in [1.807, 2.05) is 35.0 Å². The molecule has 0 saturated carbocycles. The third-order valence-corrected chi connectivity index (χ3v) is 5.12. The van der Waals surface area contributed by atoms with E-state index in [9.17, 15) is 9.59 Å². The van der Waals surface area contributed by atoms with Crippen molar-refractivity contribution in [2.24, 2.45) is 0 Å². The molecule has 8 nitrogen and oxygen atoms in total. The van der Waals surface area contributed by atoms with Gasteiger partial charge in [-0.1, -0.05) is 18.2 Å². The van der Waals surface area contributed by atoms with Crippen molar-refractivity contribution < 1.29 is 9.21 Å². The standard InChI is InChI=1S/C20H13N5O3S/c26-19(14-9-12-3-1-2-4-16(12)28-20(14)27)21-10-18-23-22-17-6-5-15(24-25(17)18)13-7-8-29-11-13/h1-9,11H,10H2,(H,21,26). The van der Waals surface area contributed by atoms with Crippen LogP contribution in [0.3, 0.4) is 0 Å². The summed E-state index contributed by atoms with van der Waals surface area (Å²) in [6.45, 7) is 0.0619. The summed E-state index contributed by atoms with van der Waals surface area (Å²) in [6, 6.07) is 14.2. The molecule has 1 aromatic carbocycles. The van der Waals surface area contributed by atoms with Crippen molar-refractivity contribution in [3.63, 3.8) is 0 Å². The van der Waals surface area contributed by atoms with Crippen molar-refractivity contribution in [1.29, 1.82) is 0 Å². The van der Waals surface area contributed by atoms with Gasteiger partial charge in [-0.15, -0.1) is 10.2 Å². The van der Waals surface area contributed by atoms with Gasteiger partial charge in [0.1, 0.15) is 11.1 Å². The Kier molecular flexibility index (Phi) is 4.14. The second-order valence-corrected chi connectivity index (χ2v) is 7.06. The SMILES string of the molecule is O=C(NCc1nnc2ccc(-c3ccsc3)nn12)c1cc2ccccc2oc1=O. The first-order chi connectivity index (χ1) is 14.2. The quantitative estimate of drug-likeness (QED) is 0.463. The van der Waals surface area contributed by atoms with Gasteiger partial charge in [0.25, 0.3) is 5.91 Å². The van der Waals surface area contributed by atoms with Crippen molar-refractivity contribution >= 4 is 33.9 Å². The molecule has 5 rings (SSSR count). The van der Waals surface area contributed by atoms with Crippen molar-refractivity contribution in [3.8, 4) is 11.3 Å². The highest BCUT2D eigenvalue weighted by Gasteiger charge is 2.15. The molecule has 0 saturated heterocycles. The highest BCUT2D eigenvalue weighted by molar-refractivity contribution is 7.08. The van der Waals surface area contributed by atoms with Crippen molar-refractivity contribution in [2.75, 3.05) is 0 Å². The van der Waals surface area contributed by atoms with E-state index < -0.39 is 11.5 Å². The minimum absolute atomic E-state index is 0.0619. The van der Waals surface area contributed by atoms with Crippen LogP contribution in [0.1, 0.15) is 16.2 Å². The lowest BCUT2D eigenvalue weighted by molar-refractivity contribution is 0.0946. The zero-order valence-electron chi connectivity index (χ0n) is 14.9. The molecule has 0 aliphatic rings. The van der Waals surface area contributed by atoms with Crippen LogP contribution in [0.4, 0.5) is 0 Å². The zero-order valence-corrected chi connectivity index (χ0v) is 15.7. The Labute approximate surface area is 167 Å². The lowest BCUT2D eigenvalue weighted by atomic mass is 10.2. The summed E-state index contributed by atoms with van der Waals surface area (Å²) in [4.78, 5) is 24.7. The van der Waals surface area contributed by atoms with Gasteiger partial charge in [0, 0.05) is 16.3 Å². The van der Waals surface area contributed by atoms with Crippen LogP contribution in [-0.4, -0.2) is 25.7 Å². The Morgan fingerprint density at radius 2 is 2.03 bits per heavy atom. The minimum Gasteiger partial charge on any atom is -0.422 e. The van der Waals surface area contributed by atoms with Crippen LogP contribution in [0.5, 0.6) is 0 Å². The Hall–Kier alpha value is -3.85. The molecule has 9 heteroatoms. The lowest BCUT2D eigenvalue weighted by Crippen LogP contribution is -2.28. The number of carbonyl (C=O) groups excluding carboxylic acids is 1. The Bertz CT molecular complexity index is 1400. The number of carbonyl (C=O) groups is 1. The van der Waals surface area contributed by atoms with Crippen LogP contribution >= 0.6 is 11.3 Å². The predicted molar refractivity (Wildman–Crippen MR) is 108 cm³/mol. The normalized spacial score (nSPS) is 11.2. The van der Waals surface area contributed by atoms with Crippen LogP contribution in [0.15, 0.2) is 68.5 Å². The number of rotatable bonds is 4. The molecule has 0 aliphatic carbocycles. The largest absolute Gasteiger partial charge is 0.422 e. The third kappa shape index (κ3) is 3.17. The number of aromatic nitrogens is 4. The molecule has 4 heterocycles. The maximum absolute atomic E-state index is 12.5. The number of nitrogens with one attached hydrogen (secondary N) is 1. The number of benzene rings is 1. The molecule has 4 aromatic heterocycles. The van der Waals surface area contributed by atoms with Crippen molar-refractivity contribution in [3.05, 3.63) is 81.1 Å². The fourth-order valence-corrected chi connectivity index (χ4v) is 3.63. The highest BCUT2D eigenvalue weighted by atomic mass is 32.1. The van der Waals surface area contributed by atoms with Crippen molar-refractivity contribution in [2.45, 2.75) is 6.54 Å². The second kappa shape index (κ2) is 6.95. The van der Waals surface area contributed by atoms with E-state index >= 15 is 0 Å². The topological polar surface area (TPSA) is 102 Å². The molecule has 1 amide bonds. The molecule has 0 radical (unpaired) electrons. The summed E-state index contributed by atoms with van der Waals surface area (Å²) in [6.07, 6.45) is 0. The highest BCUT2D eigenvalue weighted by Crippen LogP contribution is 2.20. The van der Waals surface area contributed by atoms with Gasteiger partial charge in [0.15, 0.2) is 11.5 Å². The monoisotopic (exact) mass is 403 g/mol. The molecule has 1 N–H and O–H groups in total. The van der Waals surface area contributed by atoms with E-state index in [2.05, 4.69) is 20.6 Å². The van der Waals surface area contributed by atoms with Gasteiger partial charge < -0.3 is 9.73 Å². The molecular weight excluding hydrogens is 390 g/mol. The van der Waals surface area contributed by atoms with Gasteiger partial charge in [0.05, 0.1) is 12.2 Å². The maximum Gasteiger partial charge on any atom is 0.349 e. The molecule has 0 bridgehead atoms. The Morgan fingerprint density at radius 1 is 1.14 bits per heavy atom. The van der Waals surface area contributed by atoms with Crippen molar-refractivity contribution in [1.82, 2.24) is 25.1 Å². The Morgan fingerprint density at radius 3 is 2.90 bits per heavy atom. The first-order valence-electron chi connectivity index (χ1n) is 8.74. The van der Waals surface area contributed by atoms with Gasteiger partial charge in [-0.05, 0) is 35.7 Å². The van der Waals surface area contributed by atoms with E-state index in [0.717, 1.165) is 11.3 Å². The number of amides is 1. The number of thiophene rings is 1. The number of hydrogen-bond donors (Lipinski definition) is 1. The van der Waals surface area contributed by atoms with E-state index in [1.54, 1.807) is 34.1 Å². The molecule has 0 aliphatic heterocycles. The van der Waals surface area contributed by atoms with Crippen LogP contribution in [0.25, 0.3) is 27.9 Å². The molecule has 5 aromatic rings. The lowest BCUT2D eigenvalue weighted by Gasteiger charge is -2.05. The van der Waals surface area contributed by atoms with Gasteiger partial charge in [0.2, 0.25) is 0 Å². The average molecular weight is 403 g/mol. The van der Waals surface area contributed by atoms with Crippen LogP contribution in [0, 0.1) is 0 Å². The van der Waals surface area contributed by atoms with E-state index in [4.69, 9.17) is 4.42 Å². The molecule has 0 atom stereocenters. The predicted octanol–water partition coefficient (Wildman–Crippen LogP) is 2.89. The maximum atomic E-state index is 12.5. The summed E-state index contributed by atoms with van der Waals surface area (Å²) in [5.74, 6) is -0.0918. The Balaban J connectivity index is 1.42. The molecule has 0 unspecified atom stereocenters. The molecule has 142 valence electrons. The summed E-state index contributed by atoms with van der Waals surface area (Å²) < 4.78 is 6.80. The average Bonchev–Trinajstić information content (AvgIpc) is 3.41. The van der Waals surface area contributed by atoms with Gasteiger partial charge in [-0.25, -0.2) is 4.79 Å². The molecular formula is C20H13N5O3S. The number of fused-ring (bicyclic) bond motifs is 2. The van der Waals surface area contributed by atoms with E-state index in [1.165, 1.54) is 6.07 Å². The van der Waals surface area contributed by atoms with E-state index in [0.29, 0.717) is 22.4 Å². The first-order valence-corrected chi connectivity index (χ1v) is 9.68. The molecule has 29 heavy (non-hydrogen) atoms. The zero-order chi connectivity index (χ0) is 19.8. The third-order valence-electron chi connectivity index (χ3n) is 4.44. The smallest absolute Gasteiger partial charge is 0.349 e. The number of hydrogen-bond acceptors (Lipinski definition) is 7. The van der Waals surface area contributed by atoms with Gasteiger partial charge in [-0.3, -0.25) is 4.79 Å². The van der Waals surface area contributed by atoms with Crippen LogP contribution in [0.2, 0.25) is 0 Å². The first kappa shape index (κ1) is 17.3. The summed E-state index contributed by atoms with van der Waals surface area (Å²) in [7, 11) is 0. The summed E-state index contributed by atoms with van der Waals surface area (Å²) in [5.41, 5.74) is 2.02. The minimum atomic E-state index is -0.690.